The number of likely N-dealkylation sites (tertiary alicyclic amines) is 1. The van der Waals surface area contributed by atoms with Crippen LogP contribution in [-0.2, 0) is 11.8 Å². The Hall–Kier alpha value is -1.29. The van der Waals surface area contributed by atoms with Crippen LogP contribution >= 0.6 is 0 Å². The van der Waals surface area contributed by atoms with Crippen LogP contribution in [0, 0.1) is 5.92 Å². The van der Waals surface area contributed by atoms with Gasteiger partial charge in [0.2, 0.25) is 0 Å². The second-order valence-electron chi connectivity index (χ2n) is 6.14. The molecule has 0 bridgehead atoms. The molecule has 104 valence electrons. The van der Waals surface area contributed by atoms with Crippen molar-refractivity contribution in [3.8, 4) is 0 Å². The molecule has 2 aliphatic heterocycles. The van der Waals surface area contributed by atoms with E-state index >= 15 is 0 Å². The van der Waals surface area contributed by atoms with Gasteiger partial charge in [-0.2, -0.15) is 0 Å². The predicted octanol–water partition coefficient (Wildman–Crippen LogP) is 2.06. The lowest BCUT2D eigenvalue weighted by molar-refractivity contribution is -0.0451. The van der Waals surface area contributed by atoms with Gasteiger partial charge in [0.05, 0.1) is 18.8 Å². The van der Waals surface area contributed by atoms with Crippen molar-refractivity contribution in [2.45, 2.75) is 31.8 Å². The van der Waals surface area contributed by atoms with Crippen molar-refractivity contribution in [2.75, 3.05) is 19.7 Å². The summed E-state index contributed by atoms with van der Waals surface area (Å²) in [5.41, 5.74) is 0.696. The summed E-state index contributed by atoms with van der Waals surface area (Å²) in [5.74, 6) is 0.750. The molecule has 4 nitrogen and oxygen atoms in total. The van der Waals surface area contributed by atoms with Crippen molar-refractivity contribution in [2.24, 2.45) is 13.0 Å². The summed E-state index contributed by atoms with van der Waals surface area (Å²) in [6, 6.07) is 3.81. The standard InChI is InChI=1S/C15H22N2O2/c1-12-9-15(19-10-12)6-4-8-17(11-15)14(18)13-5-3-7-16(13)2/h3,5,7,12H,4,6,8-11H2,1-2H3/t12-,15+/m1/s1. The lowest BCUT2D eigenvalue weighted by atomic mass is 9.87. The van der Waals surface area contributed by atoms with E-state index in [0.717, 1.165) is 44.7 Å². The fourth-order valence-electron chi connectivity index (χ4n) is 3.47. The Balaban J connectivity index is 1.75. The zero-order valence-corrected chi connectivity index (χ0v) is 11.8. The number of carbonyl (C=O) groups excluding carboxylic acids is 1. The van der Waals surface area contributed by atoms with E-state index in [1.165, 1.54) is 0 Å². The van der Waals surface area contributed by atoms with E-state index in [9.17, 15) is 4.79 Å². The topological polar surface area (TPSA) is 34.5 Å². The molecule has 0 saturated carbocycles. The fourth-order valence-corrected chi connectivity index (χ4v) is 3.47. The third-order valence-corrected chi connectivity index (χ3v) is 4.38. The van der Waals surface area contributed by atoms with Gasteiger partial charge < -0.3 is 14.2 Å². The predicted molar refractivity (Wildman–Crippen MR) is 73.0 cm³/mol. The summed E-state index contributed by atoms with van der Waals surface area (Å²) in [6.07, 6.45) is 5.14. The summed E-state index contributed by atoms with van der Waals surface area (Å²) in [4.78, 5) is 14.5. The molecule has 1 spiro atoms. The lowest BCUT2D eigenvalue weighted by Gasteiger charge is -2.39. The quantitative estimate of drug-likeness (QED) is 0.776. The average molecular weight is 262 g/mol. The third-order valence-electron chi connectivity index (χ3n) is 4.38. The number of carbonyl (C=O) groups is 1. The first-order chi connectivity index (χ1) is 9.10. The normalized spacial score (nSPS) is 31.1. The minimum Gasteiger partial charge on any atom is -0.373 e. The summed E-state index contributed by atoms with van der Waals surface area (Å²) < 4.78 is 7.91. The average Bonchev–Trinajstić information content (AvgIpc) is 2.96. The Kier molecular flexibility index (Phi) is 3.13. The first-order valence-corrected chi connectivity index (χ1v) is 7.14. The van der Waals surface area contributed by atoms with Crippen LogP contribution in [-0.4, -0.2) is 40.7 Å². The maximum atomic E-state index is 12.6. The number of ether oxygens (including phenoxy) is 1. The maximum absolute atomic E-state index is 12.6. The van der Waals surface area contributed by atoms with Crippen molar-refractivity contribution in [1.29, 1.82) is 0 Å². The van der Waals surface area contributed by atoms with E-state index < -0.39 is 0 Å². The highest BCUT2D eigenvalue weighted by Crippen LogP contribution is 2.37. The highest BCUT2D eigenvalue weighted by molar-refractivity contribution is 5.92. The van der Waals surface area contributed by atoms with E-state index in [2.05, 4.69) is 6.92 Å². The molecule has 1 amide bonds. The molecular formula is C15H22N2O2. The van der Waals surface area contributed by atoms with Gasteiger partial charge in [0.1, 0.15) is 5.69 Å². The first kappa shape index (κ1) is 12.7. The van der Waals surface area contributed by atoms with Gasteiger partial charge in [-0.1, -0.05) is 6.92 Å². The number of nitrogens with zero attached hydrogens (tertiary/aromatic N) is 2. The molecule has 2 atom stereocenters. The minimum atomic E-state index is -0.0709. The molecule has 2 fully saturated rings. The van der Waals surface area contributed by atoms with E-state index in [1.54, 1.807) is 0 Å². The van der Waals surface area contributed by atoms with Crippen LogP contribution in [0.2, 0.25) is 0 Å². The van der Waals surface area contributed by atoms with Crippen molar-refractivity contribution in [3.05, 3.63) is 24.0 Å². The number of aryl methyl sites for hydroxylation is 1. The van der Waals surface area contributed by atoms with E-state index in [4.69, 9.17) is 4.74 Å². The SMILES string of the molecule is C[C@H]1CO[C@@]2(CCCN(C(=O)c3cccn3C)C2)C1. The lowest BCUT2D eigenvalue weighted by Crippen LogP contribution is -2.50. The summed E-state index contributed by atoms with van der Waals surface area (Å²) in [7, 11) is 1.92. The summed E-state index contributed by atoms with van der Waals surface area (Å²) >= 11 is 0. The Morgan fingerprint density at radius 3 is 3.00 bits per heavy atom. The first-order valence-electron chi connectivity index (χ1n) is 7.14. The molecule has 0 aromatic carbocycles. The number of hydrogen-bond acceptors (Lipinski definition) is 2. The number of rotatable bonds is 1. The smallest absolute Gasteiger partial charge is 0.270 e. The van der Waals surface area contributed by atoms with Crippen molar-refractivity contribution in [1.82, 2.24) is 9.47 Å². The number of amides is 1. The Morgan fingerprint density at radius 1 is 1.53 bits per heavy atom. The number of aromatic nitrogens is 1. The van der Waals surface area contributed by atoms with Crippen molar-refractivity contribution in [3.63, 3.8) is 0 Å². The minimum absolute atomic E-state index is 0.0709. The zero-order valence-electron chi connectivity index (χ0n) is 11.8. The Bertz CT molecular complexity index is 478. The van der Waals surface area contributed by atoms with Gasteiger partial charge in [-0.15, -0.1) is 0 Å². The molecule has 2 saturated heterocycles. The summed E-state index contributed by atoms with van der Waals surface area (Å²) in [6.45, 7) is 4.67. The van der Waals surface area contributed by atoms with Crippen LogP contribution in [0.15, 0.2) is 18.3 Å². The van der Waals surface area contributed by atoms with Gasteiger partial charge in [-0.3, -0.25) is 4.79 Å². The van der Waals surface area contributed by atoms with E-state index in [1.807, 2.05) is 34.8 Å². The van der Waals surface area contributed by atoms with Gasteiger partial charge in [-0.25, -0.2) is 0 Å². The van der Waals surface area contributed by atoms with Gasteiger partial charge in [0.25, 0.3) is 5.91 Å². The monoisotopic (exact) mass is 262 g/mol. The summed E-state index contributed by atoms with van der Waals surface area (Å²) in [5, 5.41) is 0. The molecule has 0 unspecified atom stereocenters. The molecule has 19 heavy (non-hydrogen) atoms. The molecule has 0 radical (unpaired) electrons. The van der Waals surface area contributed by atoms with E-state index in [-0.39, 0.29) is 11.5 Å². The highest BCUT2D eigenvalue weighted by atomic mass is 16.5. The molecule has 4 heteroatoms. The van der Waals surface area contributed by atoms with Crippen molar-refractivity contribution >= 4 is 5.91 Å². The molecule has 0 aliphatic carbocycles. The molecule has 3 heterocycles. The van der Waals surface area contributed by atoms with Gasteiger partial charge in [0, 0.05) is 19.8 Å². The van der Waals surface area contributed by atoms with Crippen LogP contribution < -0.4 is 0 Å². The zero-order chi connectivity index (χ0) is 13.5. The highest BCUT2D eigenvalue weighted by Gasteiger charge is 2.43. The molecule has 1 aromatic rings. The third kappa shape index (κ3) is 2.29. The van der Waals surface area contributed by atoms with Crippen LogP contribution in [0.3, 0.4) is 0 Å². The van der Waals surface area contributed by atoms with E-state index in [0.29, 0.717) is 5.92 Å². The van der Waals surface area contributed by atoms with Crippen molar-refractivity contribution < 1.29 is 9.53 Å². The van der Waals surface area contributed by atoms with Crippen LogP contribution in [0.25, 0.3) is 0 Å². The second kappa shape index (κ2) is 4.67. The second-order valence-corrected chi connectivity index (χ2v) is 6.14. The van der Waals surface area contributed by atoms with Gasteiger partial charge in [0.15, 0.2) is 0 Å². The Labute approximate surface area is 114 Å². The molecule has 2 aliphatic rings. The van der Waals surface area contributed by atoms with Crippen LogP contribution in [0.1, 0.15) is 36.7 Å². The molecular weight excluding hydrogens is 240 g/mol. The van der Waals surface area contributed by atoms with Crippen LogP contribution in [0.4, 0.5) is 0 Å². The number of piperidine rings is 1. The molecule has 3 rings (SSSR count). The molecule has 0 N–H and O–H groups in total. The Morgan fingerprint density at radius 2 is 2.37 bits per heavy atom. The fraction of sp³-hybridized carbons (Fsp3) is 0.667. The van der Waals surface area contributed by atoms with Crippen LogP contribution in [0.5, 0.6) is 0 Å². The van der Waals surface area contributed by atoms with Gasteiger partial charge in [-0.05, 0) is 37.3 Å². The largest absolute Gasteiger partial charge is 0.373 e. The maximum Gasteiger partial charge on any atom is 0.270 e. The van der Waals surface area contributed by atoms with Gasteiger partial charge >= 0.3 is 0 Å². The number of hydrogen-bond donors (Lipinski definition) is 0. The molecule has 1 aromatic heterocycles.